The van der Waals surface area contributed by atoms with Crippen LogP contribution in [0.1, 0.15) is 64.2 Å². The highest BCUT2D eigenvalue weighted by Crippen LogP contribution is 2.29. The van der Waals surface area contributed by atoms with Crippen molar-refractivity contribution in [1.82, 2.24) is 9.88 Å². The second-order valence-corrected chi connectivity index (χ2v) is 10.0. The van der Waals surface area contributed by atoms with Gasteiger partial charge >= 0.3 is 12.0 Å². The van der Waals surface area contributed by atoms with E-state index in [1.165, 1.54) is 48.8 Å². The number of rotatable bonds is 9. The molecule has 9 heteroatoms. The highest BCUT2D eigenvalue weighted by Gasteiger charge is 2.26. The summed E-state index contributed by atoms with van der Waals surface area (Å²) in [6, 6.07) is 0.118. The maximum Gasteiger partial charge on any atom is 0.323 e. The Hall–Kier alpha value is -1.32. The molecule has 1 aromatic rings. The van der Waals surface area contributed by atoms with E-state index in [1.54, 1.807) is 6.20 Å². The molecule has 2 aliphatic carbocycles. The average Bonchev–Trinajstić information content (AvgIpc) is 3.18. The van der Waals surface area contributed by atoms with Crippen LogP contribution < -0.4 is 5.32 Å². The number of thiazole rings is 1. The van der Waals surface area contributed by atoms with E-state index in [1.807, 2.05) is 4.90 Å². The third kappa shape index (κ3) is 7.46. The molecule has 2 saturated carbocycles. The number of hydrogen-bond acceptors (Lipinski definition) is 6. The van der Waals surface area contributed by atoms with Crippen molar-refractivity contribution < 1.29 is 19.4 Å². The molecule has 2 aliphatic rings. The lowest BCUT2D eigenvalue weighted by Gasteiger charge is -2.34. The lowest BCUT2D eigenvalue weighted by Crippen LogP contribution is -2.45. The zero-order valence-electron chi connectivity index (χ0n) is 16.8. The zero-order valence-corrected chi connectivity index (χ0v) is 18.4. The molecule has 0 aromatic carbocycles. The van der Waals surface area contributed by atoms with Crippen LogP contribution >= 0.6 is 23.1 Å². The van der Waals surface area contributed by atoms with Crippen molar-refractivity contribution in [3.63, 3.8) is 0 Å². The number of nitrogens with zero attached hydrogens (tertiary/aromatic N) is 2. The molecule has 3 rings (SSSR count). The summed E-state index contributed by atoms with van der Waals surface area (Å²) in [5.41, 5.74) is 0. The lowest BCUT2D eigenvalue weighted by molar-refractivity contribution is -0.133. The first kappa shape index (κ1) is 22.4. The molecule has 1 aromatic heterocycles. The maximum atomic E-state index is 13.0. The number of carbonyl (C=O) groups excluding carboxylic acids is 1. The number of aromatic nitrogens is 1. The average molecular weight is 442 g/mol. The zero-order chi connectivity index (χ0) is 20.5. The third-order valence-corrected chi connectivity index (χ3v) is 7.64. The van der Waals surface area contributed by atoms with E-state index in [2.05, 4.69) is 10.3 Å². The van der Waals surface area contributed by atoms with Crippen molar-refractivity contribution in [3.8, 4) is 0 Å². The highest BCUT2D eigenvalue weighted by atomic mass is 32.2. The molecular weight excluding hydrogens is 410 g/mol. The molecule has 2 amide bonds. The van der Waals surface area contributed by atoms with Gasteiger partial charge in [0.15, 0.2) is 5.13 Å². The van der Waals surface area contributed by atoms with Gasteiger partial charge in [0.05, 0.1) is 28.9 Å². The number of ether oxygens (including phenoxy) is 1. The van der Waals surface area contributed by atoms with E-state index in [4.69, 9.17) is 9.84 Å². The Labute approximate surface area is 180 Å². The lowest BCUT2D eigenvalue weighted by atomic mass is 9.94. The first-order valence-corrected chi connectivity index (χ1v) is 12.4. The van der Waals surface area contributed by atoms with Gasteiger partial charge in [0.25, 0.3) is 0 Å². The number of thioether (sulfide) groups is 1. The van der Waals surface area contributed by atoms with Crippen molar-refractivity contribution in [3.05, 3.63) is 6.20 Å². The molecule has 0 spiro atoms. The molecular formula is C20H31N3O4S2. The van der Waals surface area contributed by atoms with Gasteiger partial charge in [-0.2, -0.15) is 0 Å². The van der Waals surface area contributed by atoms with Crippen LogP contribution in [0.2, 0.25) is 0 Å². The van der Waals surface area contributed by atoms with Gasteiger partial charge in [0, 0.05) is 12.6 Å². The number of hydrogen-bond donors (Lipinski definition) is 2. The quantitative estimate of drug-likeness (QED) is 0.533. The summed E-state index contributed by atoms with van der Waals surface area (Å²) < 4.78 is 6.85. The Bertz CT molecular complexity index is 658. The Morgan fingerprint density at radius 3 is 2.55 bits per heavy atom. The van der Waals surface area contributed by atoms with Crippen LogP contribution in [0.15, 0.2) is 10.4 Å². The molecule has 7 nitrogen and oxygen atoms in total. The van der Waals surface area contributed by atoms with Gasteiger partial charge in [-0.25, -0.2) is 9.78 Å². The number of anilines is 1. The van der Waals surface area contributed by atoms with Gasteiger partial charge < -0.3 is 14.7 Å². The molecule has 0 bridgehead atoms. The smallest absolute Gasteiger partial charge is 0.323 e. The Balaban J connectivity index is 1.54. The fourth-order valence-electron chi connectivity index (χ4n) is 4.07. The monoisotopic (exact) mass is 441 g/mol. The summed E-state index contributed by atoms with van der Waals surface area (Å²) in [6.07, 6.45) is 13.6. The minimum atomic E-state index is -0.865. The van der Waals surface area contributed by atoms with E-state index < -0.39 is 5.97 Å². The molecule has 2 N–H and O–H groups in total. The Morgan fingerprint density at radius 2 is 1.86 bits per heavy atom. The van der Waals surface area contributed by atoms with Crippen LogP contribution in [0.4, 0.5) is 9.93 Å². The molecule has 29 heavy (non-hydrogen) atoms. The summed E-state index contributed by atoms with van der Waals surface area (Å²) in [6.45, 7) is 1.17. The Kier molecular flexibility index (Phi) is 9.07. The first-order chi connectivity index (χ1) is 14.1. The number of carboxylic acids is 1. The molecule has 162 valence electrons. The van der Waals surface area contributed by atoms with Gasteiger partial charge in [-0.15, -0.1) is 11.8 Å². The fourth-order valence-corrected chi connectivity index (χ4v) is 5.65. The minimum absolute atomic E-state index is 0.0116. The van der Waals surface area contributed by atoms with Crippen LogP contribution in [0.5, 0.6) is 0 Å². The van der Waals surface area contributed by atoms with E-state index >= 15 is 0 Å². The number of carbonyl (C=O) groups is 2. The van der Waals surface area contributed by atoms with Crippen molar-refractivity contribution in [2.24, 2.45) is 0 Å². The van der Waals surface area contributed by atoms with Crippen LogP contribution in [0.25, 0.3) is 0 Å². The van der Waals surface area contributed by atoms with Gasteiger partial charge in [0.2, 0.25) is 0 Å². The molecule has 0 unspecified atom stereocenters. The van der Waals surface area contributed by atoms with Crippen molar-refractivity contribution in [2.45, 2.75) is 80.6 Å². The summed E-state index contributed by atoms with van der Waals surface area (Å²) in [4.78, 5) is 29.9. The molecule has 1 heterocycles. The molecule has 2 fully saturated rings. The predicted octanol–water partition coefficient (Wildman–Crippen LogP) is 4.84. The number of carboxylic acid groups (broad SMARTS) is 1. The number of amides is 2. The van der Waals surface area contributed by atoms with Crippen LogP contribution in [-0.4, -0.2) is 58.0 Å². The minimum Gasteiger partial charge on any atom is -0.481 e. The van der Waals surface area contributed by atoms with Crippen LogP contribution in [0, 0.1) is 0 Å². The van der Waals surface area contributed by atoms with Gasteiger partial charge in [0.1, 0.15) is 0 Å². The summed E-state index contributed by atoms with van der Waals surface area (Å²) in [7, 11) is 0. The van der Waals surface area contributed by atoms with Crippen LogP contribution in [0.3, 0.4) is 0 Å². The number of nitrogens with one attached hydrogen (secondary N) is 1. The second-order valence-electron chi connectivity index (χ2n) is 7.71. The van der Waals surface area contributed by atoms with Gasteiger partial charge in [-0.3, -0.25) is 10.1 Å². The van der Waals surface area contributed by atoms with Crippen molar-refractivity contribution >= 4 is 40.2 Å². The summed E-state index contributed by atoms with van der Waals surface area (Å²) >= 11 is 2.53. The van der Waals surface area contributed by atoms with Crippen molar-refractivity contribution in [2.75, 3.05) is 24.2 Å². The normalized spacial score (nSPS) is 18.5. The van der Waals surface area contributed by atoms with E-state index in [0.717, 1.165) is 42.7 Å². The topological polar surface area (TPSA) is 91.8 Å². The van der Waals surface area contributed by atoms with E-state index in [0.29, 0.717) is 24.4 Å². The fraction of sp³-hybridized carbons (Fsp3) is 0.750. The van der Waals surface area contributed by atoms with Crippen molar-refractivity contribution in [1.29, 1.82) is 0 Å². The van der Waals surface area contributed by atoms with E-state index in [9.17, 15) is 9.59 Å². The second kappa shape index (κ2) is 11.8. The summed E-state index contributed by atoms with van der Waals surface area (Å²) in [5.74, 6) is -0.877. The Morgan fingerprint density at radius 1 is 1.17 bits per heavy atom. The molecule has 0 atom stereocenters. The van der Waals surface area contributed by atoms with E-state index in [-0.39, 0.29) is 17.8 Å². The predicted molar refractivity (Wildman–Crippen MR) is 116 cm³/mol. The maximum absolute atomic E-state index is 13.0. The van der Waals surface area contributed by atoms with Gasteiger partial charge in [-0.1, -0.05) is 49.9 Å². The molecule has 0 saturated heterocycles. The number of urea groups is 1. The third-order valence-electron chi connectivity index (χ3n) is 5.55. The largest absolute Gasteiger partial charge is 0.481 e. The molecule has 0 aliphatic heterocycles. The SMILES string of the molecule is O=C(O)CSc1cnc(NC(=O)N(CCOC2CCCCC2)C2CCCCC2)s1. The standard InChI is InChI=1S/C20H31N3O4S2/c24-17(25)14-28-18-13-21-19(29-18)22-20(26)23(15-7-3-1-4-8-15)11-12-27-16-9-5-2-6-10-16/h13,15-16H,1-12,14H2,(H,24,25)(H,21,22,26). The number of aliphatic carboxylic acids is 1. The highest BCUT2D eigenvalue weighted by molar-refractivity contribution is 8.01. The summed E-state index contributed by atoms with van der Waals surface area (Å²) in [5, 5.41) is 12.2. The van der Waals surface area contributed by atoms with Crippen LogP contribution in [-0.2, 0) is 9.53 Å². The first-order valence-electron chi connectivity index (χ1n) is 10.6. The van der Waals surface area contributed by atoms with Gasteiger partial charge in [-0.05, 0) is 25.7 Å². The molecule has 0 radical (unpaired) electrons.